The van der Waals surface area contributed by atoms with Gasteiger partial charge in [-0.1, -0.05) is 0 Å². The fraction of sp³-hybridized carbons (Fsp3) is 0.100. The minimum absolute atomic E-state index is 0.00895. The Kier molecular flexibility index (Phi) is 6.12. The Labute approximate surface area is 170 Å². The maximum absolute atomic E-state index is 13.2. The molecule has 0 aliphatic carbocycles. The van der Waals surface area contributed by atoms with Crippen molar-refractivity contribution < 1.29 is 13.2 Å². The van der Waals surface area contributed by atoms with Gasteiger partial charge in [-0.15, -0.1) is 0 Å². The van der Waals surface area contributed by atoms with Crippen LogP contribution in [0.4, 0.5) is 18.9 Å². The van der Waals surface area contributed by atoms with Gasteiger partial charge in [-0.2, -0.15) is 5.26 Å². The molecule has 0 radical (unpaired) electrons. The fourth-order valence-electron chi connectivity index (χ4n) is 2.61. The van der Waals surface area contributed by atoms with Crippen LogP contribution in [0.5, 0.6) is 0 Å². The second-order valence-electron chi connectivity index (χ2n) is 6.23. The Morgan fingerprint density at radius 2 is 2.00 bits per heavy atom. The molecule has 0 saturated heterocycles. The van der Waals surface area contributed by atoms with Gasteiger partial charge in [0.1, 0.15) is 12.4 Å². The van der Waals surface area contributed by atoms with Crippen molar-refractivity contribution in [1.82, 2.24) is 9.55 Å². The first-order valence-corrected chi connectivity index (χ1v) is 8.64. The zero-order valence-electron chi connectivity index (χ0n) is 15.8. The van der Waals surface area contributed by atoms with E-state index in [1.807, 2.05) is 6.92 Å². The van der Waals surface area contributed by atoms with E-state index in [1.54, 1.807) is 35.3 Å². The van der Waals surface area contributed by atoms with Gasteiger partial charge in [-0.05, 0) is 42.8 Å². The van der Waals surface area contributed by atoms with Gasteiger partial charge in [-0.25, -0.2) is 23.1 Å². The van der Waals surface area contributed by atoms with Crippen LogP contribution in [-0.4, -0.2) is 21.8 Å². The summed E-state index contributed by atoms with van der Waals surface area (Å²) in [6.45, 7) is 1.74. The largest absolute Gasteiger partial charge is 0.369 e. The number of imidazole rings is 1. The maximum Gasteiger partial charge on any atom is 0.199 e. The lowest BCUT2D eigenvalue weighted by Crippen LogP contribution is -2.22. The highest BCUT2D eigenvalue weighted by molar-refractivity contribution is 5.96. The monoisotopic (exact) mass is 411 g/mol. The average Bonchev–Trinajstić information content (AvgIpc) is 3.15. The van der Waals surface area contributed by atoms with Crippen molar-refractivity contribution in [3.05, 3.63) is 77.1 Å². The van der Waals surface area contributed by atoms with Crippen LogP contribution < -0.4 is 11.1 Å². The van der Waals surface area contributed by atoms with Gasteiger partial charge < -0.3 is 15.6 Å². The molecule has 3 N–H and O–H groups in total. The predicted molar refractivity (Wildman–Crippen MR) is 107 cm³/mol. The summed E-state index contributed by atoms with van der Waals surface area (Å²) in [6.07, 6.45) is 4.52. The van der Waals surface area contributed by atoms with Crippen molar-refractivity contribution in [1.29, 1.82) is 5.26 Å². The minimum atomic E-state index is -1.53. The van der Waals surface area contributed by atoms with Crippen molar-refractivity contribution in [3.63, 3.8) is 0 Å². The van der Waals surface area contributed by atoms with Crippen molar-refractivity contribution in [2.75, 3.05) is 5.32 Å². The van der Waals surface area contributed by atoms with Crippen LogP contribution in [0, 0.1) is 35.7 Å². The van der Waals surface area contributed by atoms with Crippen LogP contribution in [0.2, 0.25) is 0 Å². The molecule has 0 bridgehead atoms. The van der Waals surface area contributed by atoms with Gasteiger partial charge >= 0.3 is 0 Å². The molecule has 0 unspecified atom stereocenters. The number of aryl methyl sites for hydroxylation is 1. The molecular formula is C20H16F3N7. The summed E-state index contributed by atoms with van der Waals surface area (Å²) in [5.74, 6) is -4.11. The van der Waals surface area contributed by atoms with Crippen LogP contribution in [-0.2, 0) is 6.54 Å². The van der Waals surface area contributed by atoms with E-state index in [9.17, 15) is 18.4 Å². The summed E-state index contributed by atoms with van der Waals surface area (Å²) in [4.78, 5) is 11.9. The minimum Gasteiger partial charge on any atom is -0.369 e. The van der Waals surface area contributed by atoms with Crippen molar-refractivity contribution in [2.45, 2.75) is 13.5 Å². The summed E-state index contributed by atoms with van der Waals surface area (Å²) < 4.78 is 41.0. The standard InChI is InChI=1S/C20H16F3N7/c1-12-9-30(11-28-12)18-3-2-15(6-14(18)7-24)29-20(25)27-10-26-8-13-4-16(21)19(23)17(22)5-13/h2-6,9-11H,8H2,1H3,(H3,25,26,27,29). The molecule has 0 fully saturated rings. The lowest BCUT2D eigenvalue weighted by atomic mass is 10.1. The van der Waals surface area contributed by atoms with Gasteiger partial charge in [0.15, 0.2) is 23.4 Å². The molecule has 1 heterocycles. The Hall–Kier alpha value is -4.13. The van der Waals surface area contributed by atoms with E-state index in [4.69, 9.17) is 5.73 Å². The highest BCUT2D eigenvalue weighted by Gasteiger charge is 2.10. The first-order chi connectivity index (χ1) is 14.4. The van der Waals surface area contributed by atoms with Crippen LogP contribution in [0.3, 0.4) is 0 Å². The molecule has 0 spiro atoms. The molecule has 3 rings (SSSR count). The molecule has 7 nitrogen and oxygen atoms in total. The quantitative estimate of drug-likeness (QED) is 0.381. The van der Waals surface area contributed by atoms with Gasteiger partial charge in [-0.3, -0.25) is 4.99 Å². The summed E-state index contributed by atoms with van der Waals surface area (Å²) in [6, 6.07) is 8.89. The number of nitrogens with one attached hydrogen (secondary N) is 1. The Balaban J connectivity index is 1.66. The molecule has 2 aromatic carbocycles. The van der Waals surface area contributed by atoms with Crippen molar-refractivity contribution in [3.8, 4) is 11.8 Å². The molecule has 30 heavy (non-hydrogen) atoms. The van der Waals surface area contributed by atoms with Gasteiger partial charge in [0.25, 0.3) is 0 Å². The molecule has 0 saturated carbocycles. The number of hydrogen-bond donors (Lipinski definition) is 2. The first kappa shape index (κ1) is 20.6. The molecule has 10 heteroatoms. The number of benzene rings is 2. The third-order valence-electron chi connectivity index (χ3n) is 3.98. The Bertz CT molecular complexity index is 1150. The number of hydrogen-bond acceptors (Lipinski definition) is 3. The average molecular weight is 411 g/mol. The lowest BCUT2D eigenvalue weighted by Gasteiger charge is -2.09. The maximum atomic E-state index is 13.2. The number of anilines is 1. The van der Waals surface area contributed by atoms with E-state index >= 15 is 0 Å². The third kappa shape index (κ3) is 4.82. The predicted octanol–water partition coefficient (Wildman–Crippen LogP) is 3.42. The summed E-state index contributed by atoms with van der Waals surface area (Å²) in [5, 5.41) is 12.2. The molecule has 0 aliphatic rings. The second-order valence-corrected chi connectivity index (χ2v) is 6.23. The van der Waals surface area contributed by atoms with E-state index in [2.05, 4.69) is 26.4 Å². The first-order valence-electron chi connectivity index (χ1n) is 8.64. The highest BCUT2D eigenvalue weighted by Crippen LogP contribution is 2.19. The number of aromatic nitrogens is 2. The second kappa shape index (κ2) is 8.91. The molecule has 1 aromatic heterocycles. The van der Waals surface area contributed by atoms with E-state index < -0.39 is 17.5 Å². The van der Waals surface area contributed by atoms with Crippen LogP contribution in [0.1, 0.15) is 16.8 Å². The van der Waals surface area contributed by atoms with Crippen molar-refractivity contribution in [2.24, 2.45) is 15.7 Å². The zero-order valence-corrected chi connectivity index (χ0v) is 15.8. The number of guanidine groups is 1. The van der Waals surface area contributed by atoms with Gasteiger partial charge in [0, 0.05) is 11.9 Å². The number of nitrogens with two attached hydrogens (primary N) is 1. The molecular weight excluding hydrogens is 395 g/mol. The molecule has 0 aliphatic heterocycles. The normalized spacial score (nSPS) is 11.6. The lowest BCUT2D eigenvalue weighted by molar-refractivity contribution is 0.445. The van der Waals surface area contributed by atoms with Crippen LogP contribution in [0.25, 0.3) is 5.69 Å². The molecule has 0 amide bonds. The highest BCUT2D eigenvalue weighted by atomic mass is 19.2. The summed E-state index contributed by atoms with van der Waals surface area (Å²) >= 11 is 0. The van der Waals surface area contributed by atoms with Crippen molar-refractivity contribution >= 4 is 18.0 Å². The van der Waals surface area contributed by atoms with E-state index in [0.717, 1.165) is 24.2 Å². The summed E-state index contributed by atoms with van der Waals surface area (Å²) in [5.41, 5.74) is 8.35. The van der Waals surface area contributed by atoms with E-state index in [-0.39, 0.29) is 18.1 Å². The number of halogens is 3. The van der Waals surface area contributed by atoms with Gasteiger partial charge in [0.2, 0.25) is 0 Å². The van der Waals surface area contributed by atoms with E-state index in [0.29, 0.717) is 16.9 Å². The number of nitrogens with zero attached hydrogens (tertiary/aromatic N) is 5. The molecule has 3 aromatic rings. The van der Waals surface area contributed by atoms with Crippen LogP contribution >= 0.6 is 0 Å². The fourth-order valence-corrected chi connectivity index (χ4v) is 2.61. The molecule has 152 valence electrons. The van der Waals surface area contributed by atoms with E-state index in [1.165, 1.54) is 0 Å². The van der Waals surface area contributed by atoms with Crippen LogP contribution in [0.15, 0.2) is 52.8 Å². The Morgan fingerprint density at radius 3 is 2.63 bits per heavy atom. The van der Waals surface area contributed by atoms with Gasteiger partial charge in [0.05, 0.1) is 29.8 Å². The smallest absolute Gasteiger partial charge is 0.199 e. The third-order valence-corrected chi connectivity index (χ3v) is 3.98. The number of rotatable bonds is 5. The topological polar surface area (TPSA) is 104 Å². The molecule has 0 atom stereocenters. The SMILES string of the molecule is Cc1cn(-c2ccc(NC(N)=NC=NCc3cc(F)c(F)c(F)c3)cc2C#N)cn1. The Morgan fingerprint density at radius 1 is 1.27 bits per heavy atom. The number of aliphatic imine (C=N–C) groups is 2. The summed E-state index contributed by atoms with van der Waals surface area (Å²) in [7, 11) is 0. The zero-order chi connectivity index (χ0) is 21.7. The number of nitriles is 1.